The number of anilines is 1. The van der Waals surface area contributed by atoms with E-state index < -0.39 is 0 Å². The summed E-state index contributed by atoms with van der Waals surface area (Å²) in [4.78, 5) is 2.20. The quantitative estimate of drug-likeness (QED) is 0.894. The van der Waals surface area contributed by atoms with Crippen LogP contribution in [-0.2, 0) is 0 Å². The van der Waals surface area contributed by atoms with Crippen LogP contribution in [0.15, 0.2) is 18.2 Å². The predicted molar refractivity (Wildman–Crippen MR) is 71.9 cm³/mol. The zero-order valence-electron chi connectivity index (χ0n) is 11.3. The molecule has 1 aromatic rings. The van der Waals surface area contributed by atoms with Gasteiger partial charge in [-0.25, -0.2) is 4.39 Å². The molecule has 1 saturated heterocycles. The number of nitrogens with one attached hydrogen (secondary N) is 1. The molecule has 1 aliphatic heterocycles. The Hall–Kier alpha value is -1.29. The molecule has 0 unspecified atom stereocenters. The van der Waals surface area contributed by atoms with Gasteiger partial charge in [0.05, 0.1) is 6.61 Å². The highest BCUT2D eigenvalue weighted by atomic mass is 19.1. The minimum Gasteiger partial charge on any atom is -0.491 e. The van der Waals surface area contributed by atoms with Crippen molar-refractivity contribution in [2.24, 2.45) is 0 Å². The summed E-state index contributed by atoms with van der Waals surface area (Å²) >= 11 is 0. The summed E-state index contributed by atoms with van der Waals surface area (Å²) in [5.74, 6) is 0.0429. The van der Waals surface area contributed by atoms with Gasteiger partial charge in [-0.3, -0.25) is 0 Å². The minimum atomic E-state index is -0.286. The van der Waals surface area contributed by atoms with Gasteiger partial charge in [-0.1, -0.05) is 0 Å². The molecule has 4 heteroatoms. The average Bonchev–Trinajstić information content (AvgIpc) is 2.30. The summed E-state index contributed by atoms with van der Waals surface area (Å²) in [7, 11) is 0. The summed E-state index contributed by atoms with van der Waals surface area (Å²) in [6.07, 6.45) is 0. The molecule has 0 saturated carbocycles. The van der Waals surface area contributed by atoms with E-state index in [2.05, 4.69) is 24.1 Å². The van der Waals surface area contributed by atoms with Crippen molar-refractivity contribution >= 4 is 5.69 Å². The van der Waals surface area contributed by atoms with E-state index in [9.17, 15) is 4.39 Å². The molecule has 0 aliphatic carbocycles. The highest BCUT2D eigenvalue weighted by Gasteiger charge is 2.26. The number of nitrogens with zero attached hydrogens (tertiary/aromatic N) is 1. The zero-order valence-corrected chi connectivity index (χ0v) is 11.3. The lowest BCUT2D eigenvalue weighted by Gasteiger charge is -2.40. The number of hydrogen-bond acceptors (Lipinski definition) is 3. The predicted octanol–water partition coefficient (Wildman–Crippen LogP) is 2.41. The van der Waals surface area contributed by atoms with Gasteiger partial charge in [0.2, 0.25) is 0 Å². The molecule has 1 fully saturated rings. The van der Waals surface area contributed by atoms with E-state index >= 15 is 0 Å². The fourth-order valence-electron chi connectivity index (χ4n) is 2.32. The summed E-state index contributed by atoms with van der Waals surface area (Å²) in [5.41, 5.74) is 0.985. The maximum absolute atomic E-state index is 13.8. The number of hydrogen-bond donors (Lipinski definition) is 1. The van der Waals surface area contributed by atoms with Gasteiger partial charge in [-0.2, -0.15) is 0 Å². The standard InChI is InChI=1S/C14H21FN2O/c1-4-18-13-6-5-11(9-12(13)15)17-8-7-16-14(2,3)10-17/h5-6,9,16H,4,7-8,10H2,1-3H3. The third-order valence-electron chi connectivity index (χ3n) is 3.15. The van der Waals surface area contributed by atoms with Crippen LogP contribution in [0.4, 0.5) is 10.1 Å². The van der Waals surface area contributed by atoms with E-state index in [1.807, 2.05) is 13.0 Å². The van der Waals surface area contributed by atoms with Crippen LogP contribution in [0, 0.1) is 5.82 Å². The van der Waals surface area contributed by atoms with Crippen molar-refractivity contribution in [1.82, 2.24) is 5.32 Å². The van der Waals surface area contributed by atoms with Crippen LogP contribution in [0.5, 0.6) is 5.75 Å². The normalized spacial score (nSPS) is 18.8. The fraction of sp³-hybridized carbons (Fsp3) is 0.571. The van der Waals surface area contributed by atoms with E-state index in [-0.39, 0.29) is 11.4 Å². The van der Waals surface area contributed by atoms with Gasteiger partial charge in [0.15, 0.2) is 11.6 Å². The molecule has 1 aromatic carbocycles. The van der Waals surface area contributed by atoms with Crippen molar-refractivity contribution in [3.8, 4) is 5.75 Å². The number of rotatable bonds is 3. The largest absolute Gasteiger partial charge is 0.491 e. The second-order valence-electron chi connectivity index (χ2n) is 5.28. The molecule has 100 valence electrons. The Labute approximate surface area is 108 Å². The Morgan fingerprint density at radius 3 is 2.83 bits per heavy atom. The number of piperazine rings is 1. The first-order chi connectivity index (χ1) is 8.52. The molecule has 3 nitrogen and oxygen atoms in total. The van der Waals surface area contributed by atoms with E-state index in [4.69, 9.17) is 4.74 Å². The van der Waals surface area contributed by atoms with Crippen molar-refractivity contribution < 1.29 is 9.13 Å². The van der Waals surface area contributed by atoms with Crippen LogP contribution in [0.3, 0.4) is 0 Å². The Kier molecular flexibility index (Phi) is 3.76. The van der Waals surface area contributed by atoms with Crippen molar-refractivity contribution in [2.45, 2.75) is 26.3 Å². The van der Waals surface area contributed by atoms with Gasteiger partial charge < -0.3 is 15.0 Å². The zero-order chi connectivity index (χ0) is 13.2. The van der Waals surface area contributed by atoms with Crippen molar-refractivity contribution in [3.63, 3.8) is 0 Å². The molecular formula is C14H21FN2O. The molecule has 0 radical (unpaired) electrons. The van der Waals surface area contributed by atoms with Crippen LogP contribution < -0.4 is 15.0 Å². The van der Waals surface area contributed by atoms with E-state index in [0.29, 0.717) is 12.4 Å². The summed E-state index contributed by atoms with van der Waals surface area (Å²) in [5, 5.41) is 3.44. The van der Waals surface area contributed by atoms with Crippen molar-refractivity contribution in [2.75, 3.05) is 31.1 Å². The van der Waals surface area contributed by atoms with Gasteiger partial charge in [0.1, 0.15) is 0 Å². The van der Waals surface area contributed by atoms with Crippen LogP contribution in [0.2, 0.25) is 0 Å². The second-order valence-corrected chi connectivity index (χ2v) is 5.28. The van der Waals surface area contributed by atoms with E-state index in [0.717, 1.165) is 25.3 Å². The van der Waals surface area contributed by atoms with Crippen LogP contribution in [-0.4, -0.2) is 31.8 Å². The Balaban J connectivity index is 2.16. The highest BCUT2D eigenvalue weighted by molar-refractivity contribution is 5.50. The van der Waals surface area contributed by atoms with Gasteiger partial charge in [-0.05, 0) is 32.9 Å². The monoisotopic (exact) mass is 252 g/mol. The smallest absolute Gasteiger partial charge is 0.167 e. The Bertz CT molecular complexity index is 420. The first-order valence-electron chi connectivity index (χ1n) is 6.44. The van der Waals surface area contributed by atoms with Crippen LogP contribution >= 0.6 is 0 Å². The maximum Gasteiger partial charge on any atom is 0.167 e. The molecule has 0 atom stereocenters. The second kappa shape index (κ2) is 5.14. The minimum absolute atomic E-state index is 0.0628. The van der Waals surface area contributed by atoms with Crippen molar-refractivity contribution in [1.29, 1.82) is 0 Å². The van der Waals surface area contributed by atoms with E-state index in [1.165, 1.54) is 0 Å². The molecule has 0 spiro atoms. The first kappa shape index (κ1) is 13.1. The van der Waals surface area contributed by atoms with Gasteiger partial charge >= 0.3 is 0 Å². The third kappa shape index (κ3) is 2.93. The molecular weight excluding hydrogens is 231 g/mol. The van der Waals surface area contributed by atoms with Gasteiger partial charge in [0, 0.05) is 36.9 Å². The molecule has 1 aliphatic rings. The summed E-state index contributed by atoms with van der Waals surface area (Å²) in [6, 6.07) is 5.20. The Morgan fingerprint density at radius 1 is 1.44 bits per heavy atom. The van der Waals surface area contributed by atoms with Crippen LogP contribution in [0.25, 0.3) is 0 Å². The molecule has 1 heterocycles. The maximum atomic E-state index is 13.8. The Morgan fingerprint density at radius 2 is 2.22 bits per heavy atom. The first-order valence-corrected chi connectivity index (χ1v) is 6.44. The van der Waals surface area contributed by atoms with Crippen molar-refractivity contribution in [3.05, 3.63) is 24.0 Å². The van der Waals surface area contributed by atoms with E-state index in [1.54, 1.807) is 12.1 Å². The molecule has 0 amide bonds. The van der Waals surface area contributed by atoms with Gasteiger partial charge in [0.25, 0.3) is 0 Å². The molecule has 2 rings (SSSR count). The lowest BCUT2D eigenvalue weighted by Crippen LogP contribution is -2.57. The number of halogens is 1. The highest BCUT2D eigenvalue weighted by Crippen LogP contribution is 2.25. The van der Waals surface area contributed by atoms with Gasteiger partial charge in [-0.15, -0.1) is 0 Å². The molecule has 1 N–H and O–H groups in total. The summed E-state index contributed by atoms with van der Waals surface area (Å²) < 4.78 is 19.0. The molecule has 0 aromatic heterocycles. The fourth-order valence-corrected chi connectivity index (χ4v) is 2.32. The number of benzene rings is 1. The number of ether oxygens (including phenoxy) is 1. The van der Waals surface area contributed by atoms with Crippen LogP contribution in [0.1, 0.15) is 20.8 Å². The summed E-state index contributed by atoms with van der Waals surface area (Å²) in [6.45, 7) is 9.34. The molecule has 18 heavy (non-hydrogen) atoms. The SMILES string of the molecule is CCOc1ccc(N2CCNC(C)(C)C2)cc1F. The average molecular weight is 252 g/mol. The topological polar surface area (TPSA) is 24.5 Å². The third-order valence-corrected chi connectivity index (χ3v) is 3.15. The molecule has 0 bridgehead atoms. The lowest BCUT2D eigenvalue weighted by molar-refractivity contribution is 0.321. The lowest BCUT2D eigenvalue weighted by atomic mass is 10.0.